The molecule has 5 nitrogen and oxygen atoms in total. The Morgan fingerprint density at radius 2 is 2.15 bits per heavy atom. The number of halogens is 2. The number of nitrogens with zero attached hydrogens (tertiary/aromatic N) is 1. The second-order valence-electron chi connectivity index (χ2n) is 5.06. The molecule has 2 aromatic carbocycles. The van der Waals surface area contributed by atoms with Gasteiger partial charge in [0.15, 0.2) is 11.5 Å². The molecule has 140 valence electrons. The Kier molecular flexibility index (Phi) is 8.52. The van der Waals surface area contributed by atoms with Gasteiger partial charge in [-0.25, -0.2) is 5.43 Å². The highest BCUT2D eigenvalue weighted by Gasteiger charge is 2.11. The molecule has 0 fully saturated rings. The zero-order chi connectivity index (χ0) is 19.6. The van der Waals surface area contributed by atoms with Gasteiger partial charge in [-0.2, -0.15) is 5.10 Å². The predicted octanol–water partition coefficient (Wildman–Crippen LogP) is 4.37. The highest BCUT2D eigenvalue weighted by molar-refractivity contribution is 9.10. The van der Waals surface area contributed by atoms with E-state index in [1.54, 1.807) is 24.3 Å². The maximum atomic E-state index is 11.9. The fourth-order valence-electron chi connectivity index (χ4n) is 1.96. The molecular formula is C19H16BrClN2O3S. The fraction of sp³-hybridized carbons (Fsp3) is 0.158. The van der Waals surface area contributed by atoms with Crippen molar-refractivity contribution in [2.45, 2.75) is 4.90 Å². The molecule has 0 heterocycles. The summed E-state index contributed by atoms with van der Waals surface area (Å²) in [6.45, 7) is 0.129. The molecule has 27 heavy (non-hydrogen) atoms. The molecule has 0 aliphatic rings. The third kappa shape index (κ3) is 6.83. The summed E-state index contributed by atoms with van der Waals surface area (Å²) in [7, 11) is 1.53. The summed E-state index contributed by atoms with van der Waals surface area (Å²) in [4.78, 5) is 12.8. The van der Waals surface area contributed by atoms with E-state index in [9.17, 15) is 4.79 Å². The first-order valence-electron chi connectivity index (χ1n) is 7.67. The third-order valence-corrected chi connectivity index (χ3v) is 4.99. The smallest absolute Gasteiger partial charge is 0.250 e. The molecule has 1 amide bonds. The quantitative estimate of drug-likeness (QED) is 0.271. The SMILES string of the molecule is C#CCOc1c(Br)cc(/C=N\NC(=O)CSc2ccc(Cl)cc2)cc1OC. The monoisotopic (exact) mass is 466 g/mol. The van der Waals surface area contributed by atoms with E-state index in [2.05, 4.69) is 32.4 Å². The van der Waals surface area contributed by atoms with Crippen LogP contribution in [0.4, 0.5) is 0 Å². The van der Waals surface area contributed by atoms with Crippen LogP contribution in [0.3, 0.4) is 0 Å². The van der Waals surface area contributed by atoms with Crippen LogP contribution in [0, 0.1) is 12.3 Å². The number of methoxy groups -OCH3 is 1. The first-order chi connectivity index (χ1) is 13.0. The summed E-state index contributed by atoms with van der Waals surface area (Å²) in [6.07, 6.45) is 6.73. The van der Waals surface area contributed by atoms with Crippen molar-refractivity contribution in [2.24, 2.45) is 5.10 Å². The Morgan fingerprint density at radius 1 is 1.41 bits per heavy atom. The Labute approximate surface area is 175 Å². The average molecular weight is 468 g/mol. The second kappa shape index (κ2) is 10.9. The van der Waals surface area contributed by atoms with E-state index in [0.29, 0.717) is 21.0 Å². The lowest BCUT2D eigenvalue weighted by molar-refractivity contribution is -0.118. The highest BCUT2D eigenvalue weighted by atomic mass is 79.9. The van der Waals surface area contributed by atoms with Gasteiger partial charge < -0.3 is 9.47 Å². The zero-order valence-corrected chi connectivity index (χ0v) is 17.5. The molecule has 0 saturated heterocycles. The second-order valence-corrected chi connectivity index (χ2v) is 7.40. The molecule has 0 atom stereocenters. The van der Waals surface area contributed by atoms with Crippen LogP contribution < -0.4 is 14.9 Å². The van der Waals surface area contributed by atoms with Crippen molar-refractivity contribution in [1.29, 1.82) is 0 Å². The van der Waals surface area contributed by atoms with Crippen molar-refractivity contribution in [3.63, 3.8) is 0 Å². The van der Waals surface area contributed by atoms with Gasteiger partial charge >= 0.3 is 0 Å². The number of nitrogens with one attached hydrogen (secondary N) is 1. The van der Waals surface area contributed by atoms with E-state index >= 15 is 0 Å². The maximum absolute atomic E-state index is 11.9. The van der Waals surface area contributed by atoms with Gasteiger partial charge in [-0.05, 0) is 57.9 Å². The minimum atomic E-state index is -0.216. The number of hydrogen-bond acceptors (Lipinski definition) is 5. The molecule has 1 N–H and O–H groups in total. The lowest BCUT2D eigenvalue weighted by atomic mass is 10.2. The molecule has 0 aromatic heterocycles. The van der Waals surface area contributed by atoms with Crippen LogP contribution in [-0.2, 0) is 4.79 Å². The number of hydrogen-bond donors (Lipinski definition) is 1. The Bertz CT molecular complexity index is 866. The zero-order valence-electron chi connectivity index (χ0n) is 14.4. The normalized spacial score (nSPS) is 10.4. The van der Waals surface area contributed by atoms with Gasteiger partial charge in [-0.3, -0.25) is 4.79 Å². The predicted molar refractivity (Wildman–Crippen MR) is 113 cm³/mol. The first kappa shape index (κ1) is 21.2. The number of carbonyl (C=O) groups is 1. The van der Waals surface area contributed by atoms with Crippen molar-refractivity contribution >= 4 is 51.4 Å². The van der Waals surface area contributed by atoms with Gasteiger partial charge in [0.05, 0.1) is 23.5 Å². The lowest BCUT2D eigenvalue weighted by Gasteiger charge is -2.11. The molecule has 0 aliphatic heterocycles. The fourth-order valence-corrected chi connectivity index (χ4v) is 3.35. The van der Waals surface area contributed by atoms with E-state index < -0.39 is 0 Å². The molecule has 2 rings (SSSR count). The molecule has 2 aromatic rings. The number of terminal acetylenes is 1. The van der Waals surface area contributed by atoms with Crippen LogP contribution in [0.1, 0.15) is 5.56 Å². The molecule has 0 bridgehead atoms. The summed E-state index contributed by atoms with van der Waals surface area (Å²) < 4.78 is 11.4. The number of amides is 1. The van der Waals surface area contributed by atoms with Crippen LogP contribution in [0.25, 0.3) is 0 Å². The van der Waals surface area contributed by atoms with Crippen LogP contribution >= 0.6 is 39.3 Å². The Hall–Kier alpha value is -2.14. The minimum Gasteiger partial charge on any atom is -0.493 e. The van der Waals surface area contributed by atoms with Gasteiger partial charge in [0.1, 0.15) is 6.61 Å². The average Bonchev–Trinajstić information content (AvgIpc) is 2.66. The first-order valence-corrected chi connectivity index (χ1v) is 9.83. The summed E-state index contributed by atoms with van der Waals surface area (Å²) in [5.41, 5.74) is 3.21. The van der Waals surface area contributed by atoms with Crippen LogP contribution in [0.2, 0.25) is 5.02 Å². The highest BCUT2D eigenvalue weighted by Crippen LogP contribution is 2.36. The van der Waals surface area contributed by atoms with Crippen LogP contribution in [0.15, 0.2) is 50.9 Å². The summed E-state index contributed by atoms with van der Waals surface area (Å²) in [5, 5.41) is 4.63. The summed E-state index contributed by atoms with van der Waals surface area (Å²) in [5.74, 6) is 3.44. The largest absolute Gasteiger partial charge is 0.493 e. The number of thioether (sulfide) groups is 1. The van der Waals surface area contributed by atoms with E-state index in [1.165, 1.54) is 25.1 Å². The molecule has 0 saturated carbocycles. The summed E-state index contributed by atoms with van der Waals surface area (Å²) in [6, 6.07) is 10.8. The molecule has 0 radical (unpaired) electrons. The number of ether oxygens (including phenoxy) is 2. The van der Waals surface area contributed by atoms with Gasteiger partial charge in [-0.1, -0.05) is 17.5 Å². The number of carbonyl (C=O) groups excluding carboxylic acids is 1. The molecule has 0 aliphatic carbocycles. The number of benzene rings is 2. The topological polar surface area (TPSA) is 59.9 Å². The van der Waals surface area contributed by atoms with Gasteiger partial charge in [0.2, 0.25) is 5.91 Å². The number of rotatable bonds is 8. The van der Waals surface area contributed by atoms with E-state index in [0.717, 1.165) is 10.5 Å². The molecular weight excluding hydrogens is 452 g/mol. The van der Waals surface area contributed by atoms with Gasteiger partial charge in [0.25, 0.3) is 0 Å². The van der Waals surface area contributed by atoms with E-state index in [4.69, 9.17) is 27.5 Å². The van der Waals surface area contributed by atoms with Crippen molar-refractivity contribution < 1.29 is 14.3 Å². The molecule has 8 heteroatoms. The van der Waals surface area contributed by atoms with Gasteiger partial charge in [0, 0.05) is 9.92 Å². The number of hydrazone groups is 1. The van der Waals surface area contributed by atoms with Crippen molar-refractivity contribution in [1.82, 2.24) is 5.43 Å². The standard InChI is InChI=1S/C19H16BrClN2O3S/c1-3-8-26-19-16(20)9-13(10-17(19)25-2)11-22-23-18(24)12-27-15-6-4-14(21)5-7-15/h1,4-7,9-11H,8,12H2,2H3,(H,23,24)/b22-11-. The van der Waals surface area contributed by atoms with E-state index in [1.807, 2.05) is 12.1 Å². The molecule has 0 spiro atoms. The minimum absolute atomic E-state index is 0.129. The lowest BCUT2D eigenvalue weighted by Crippen LogP contribution is -2.19. The van der Waals surface area contributed by atoms with Crippen LogP contribution in [-0.4, -0.2) is 31.6 Å². The maximum Gasteiger partial charge on any atom is 0.250 e. The Morgan fingerprint density at radius 3 is 2.81 bits per heavy atom. The van der Waals surface area contributed by atoms with Crippen molar-refractivity contribution in [3.8, 4) is 23.8 Å². The van der Waals surface area contributed by atoms with Gasteiger partial charge in [-0.15, -0.1) is 18.2 Å². The Balaban J connectivity index is 1.93. The van der Waals surface area contributed by atoms with E-state index in [-0.39, 0.29) is 18.3 Å². The van der Waals surface area contributed by atoms with Crippen molar-refractivity contribution in [2.75, 3.05) is 19.5 Å². The third-order valence-electron chi connectivity index (χ3n) is 3.14. The molecule has 0 unspecified atom stereocenters. The van der Waals surface area contributed by atoms with Crippen molar-refractivity contribution in [3.05, 3.63) is 51.5 Å². The summed E-state index contributed by atoms with van der Waals surface area (Å²) >= 11 is 10.6. The van der Waals surface area contributed by atoms with Crippen LogP contribution in [0.5, 0.6) is 11.5 Å².